The van der Waals surface area contributed by atoms with Gasteiger partial charge in [-0.3, -0.25) is 9.59 Å². The molecule has 0 radical (unpaired) electrons. The summed E-state index contributed by atoms with van der Waals surface area (Å²) < 4.78 is 0. The molecule has 2 amide bonds. The number of carboxylic acids is 1. The number of benzene rings is 4. The Labute approximate surface area is 219 Å². The minimum absolute atomic E-state index is 0.0714. The Kier molecular flexibility index (Phi) is 8.05. The summed E-state index contributed by atoms with van der Waals surface area (Å²) in [5, 5.41) is 14.7. The van der Waals surface area contributed by atoms with E-state index in [0.717, 1.165) is 27.3 Å². The Morgan fingerprint density at radius 1 is 0.730 bits per heavy atom. The second kappa shape index (κ2) is 11.6. The highest BCUT2D eigenvalue weighted by Crippen LogP contribution is 2.37. The molecule has 7 heteroatoms. The molecule has 0 fully saturated rings. The number of thioether (sulfide) groups is 1. The van der Waals surface area contributed by atoms with Crippen LogP contribution in [0.2, 0.25) is 0 Å². The van der Waals surface area contributed by atoms with Crippen LogP contribution in [-0.4, -0.2) is 22.9 Å². The average molecular weight is 511 g/mol. The summed E-state index contributed by atoms with van der Waals surface area (Å²) in [6.45, 7) is 3.92. The topological polar surface area (TPSA) is 95.5 Å². The average Bonchev–Trinajstić information content (AvgIpc) is 2.90. The zero-order chi connectivity index (χ0) is 26.4. The number of carbonyl (C=O) groups is 3. The summed E-state index contributed by atoms with van der Waals surface area (Å²) >= 11 is 1.37. The number of aryl methyl sites for hydroxylation is 2. The first-order valence-corrected chi connectivity index (χ1v) is 12.5. The number of nitrogens with one attached hydrogen (secondary N) is 2. The number of carboxylic acid groups (broad SMARTS) is 1. The zero-order valence-corrected chi connectivity index (χ0v) is 21.2. The third-order valence-electron chi connectivity index (χ3n) is 5.82. The normalized spacial score (nSPS) is 11.4. The number of amides is 2. The van der Waals surface area contributed by atoms with Crippen LogP contribution < -0.4 is 10.6 Å². The summed E-state index contributed by atoms with van der Waals surface area (Å²) in [4.78, 5) is 38.6. The van der Waals surface area contributed by atoms with Gasteiger partial charge in [0.25, 0.3) is 5.91 Å². The highest BCUT2D eigenvalue weighted by molar-refractivity contribution is 8.00. The SMILES string of the molecule is Cc1cccc(C)c1NC(=O)C(Sc1cccc(NC(=O)c2ccccc2C(=O)O)c1)c1ccccc1. The molecule has 4 rings (SSSR count). The highest BCUT2D eigenvalue weighted by Gasteiger charge is 2.23. The lowest BCUT2D eigenvalue weighted by Crippen LogP contribution is -2.20. The molecule has 0 saturated heterocycles. The zero-order valence-electron chi connectivity index (χ0n) is 20.4. The first-order chi connectivity index (χ1) is 17.8. The summed E-state index contributed by atoms with van der Waals surface area (Å²) in [5.74, 6) is -1.85. The lowest BCUT2D eigenvalue weighted by Gasteiger charge is -2.19. The Balaban J connectivity index is 1.58. The molecule has 186 valence electrons. The van der Waals surface area contributed by atoms with E-state index in [2.05, 4.69) is 10.6 Å². The van der Waals surface area contributed by atoms with Crippen LogP contribution in [0.15, 0.2) is 102 Å². The molecular formula is C30H26N2O4S. The molecule has 0 saturated carbocycles. The van der Waals surface area contributed by atoms with Crippen molar-refractivity contribution in [2.45, 2.75) is 24.0 Å². The van der Waals surface area contributed by atoms with Gasteiger partial charge in [0.15, 0.2) is 0 Å². The lowest BCUT2D eigenvalue weighted by atomic mass is 10.1. The van der Waals surface area contributed by atoms with Gasteiger partial charge in [-0.1, -0.05) is 66.7 Å². The summed E-state index contributed by atoms with van der Waals surface area (Å²) in [5.41, 5.74) is 4.11. The van der Waals surface area contributed by atoms with Crippen LogP contribution in [0.1, 0.15) is 42.7 Å². The molecule has 1 atom stereocenters. The van der Waals surface area contributed by atoms with Crippen molar-refractivity contribution in [1.82, 2.24) is 0 Å². The smallest absolute Gasteiger partial charge is 0.336 e. The largest absolute Gasteiger partial charge is 0.478 e. The van der Waals surface area contributed by atoms with Gasteiger partial charge in [-0.2, -0.15) is 0 Å². The van der Waals surface area contributed by atoms with Crippen molar-refractivity contribution >= 4 is 40.9 Å². The first-order valence-electron chi connectivity index (χ1n) is 11.7. The predicted octanol–water partition coefficient (Wildman–Crippen LogP) is 6.73. The second-order valence-corrected chi connectivity index (χ2v) is 9.68. The fourth-order valence-electron chi connectivity index (χ4n) is 3.95. The minimum Gasteiger partial charge on any atom is -0.478 e. The minimum atomic E-state index is -1.17. The number of aromatic carboxylic acids is 1. The van der Waals surface area contributed by atoms with Gasteiger partial charge in [-0.15, -0.1) is 11.8 Å². The monoisotopic (exact) mass is 510 g/mol. The van der Waals surface area contributed by atoms with Gasteiger partial charge in [-0.05, 0) is 60.9 Å². The molecule has 3 N–H and O–H groups in total. The fraction of sp³-hybridized carbons (Fsp3) is 0.100. The van der Waals surface area contributed by atoms with Gasteiger partial charge in [0.2, 0.25) is 5.91 Å². The first kappa shape index (κ1) is 25.7. The van der Waals surface area contributed by atoms with Gasteiger partial charge >= 0.3 is 5.97 Å². The summed E-state index contributed by atoms with van der Waals surface area (Å²) in [6, 6.07) is 28.6. The standard InChI is InChI=1S/C30H26N2O4S/c1-19-10-8-11-20(2)26(19)32-29(34)27(21-12-4-3-5-13-21)37-23-15-9-14-22(18-23)31-28(33)24-16-6-7-17-25(24)30(35)36/h3-18,27H,1-2H3,(H,31,33)(H,32,34)(H,35,36). The van der Waals surface area contributed by atoms with Gasteiger partial charge in [0, 0.05) is 16.3 Å². The molecule has 1 unspecified atom stereocenters. The summed E-state index contributed by atoms with van der Waals surface area (Å²) in [6.07, 6.45) is 0. The highest BCUT2D eigenvalue weighted by atomic mass is 32.2. The number of para-hydroxylation sites is 1. The van der Waals surface area contributed by atoms with Crippen molar-refractivity contribution < 1.29 is 19.5 Å². The maximum Gasteiger partial charge on any atom is 0.336 e. The molecule has 0 aromatic heterocycles. The van der Waals surface area contributed by atoms with Crippen molar-refractivity contribution in [3.8, 4) is 0 Å². The number of anilines is 2. The van der Waals surface area contributed by atoms with E-state index in [4.69, 9.17) is 0 Å². The molecule has 0 aliphatic rings. The van der Waals surface area contributed by atoms with Gasteiger partial charge < -0.3 is 15.7 Å². The molecule has 4 aromatic rings. The molecule has 4 aromatic carbocycles. The van der Waals surface area contributed by atoms with Crippen LogP contribution in [-0.2, 0) is 4.79 Å². The number of carbonyl (C=O) groups excluding carboxylic acids is 2. The maximum atomic E-state index is 13.5. The van der Waals surface area contributed by atoms with E-state index in [-0.39, 0.29) is 17.0 Å². The number of rotatable bonds is 8. The van der Waals surface area contributed by atoms with Crippen LogP contribution in [0.5, 0.6) is 0 Å². The van der Waals surface area contributed by atoms with E-state index >= 15 is 0 Å². The molecule has 0 bridgehead atoms. The van der Waals surface area contributed by atoms with Crippen molar-refractivity contribution in [2.24, 2.45) is 0 Å². The number of hydrogen-bond donors (Lipinski definition) is 3. The second-order valence-electron chi connectivity index (χ2n) is 8.50. The maximum absolute atomic E-state index is 13.5. The van der Waals surface area contributed by atoms with Gasteiger partial charge in [0.1, 0.15) is 5.25 Å². The van der Waals surface area contributed by atoms with E-state index < -0.39 is 17.1 Å². The Hall–Kier alpha value is -4.36. The van der Waals surface area contributed by atoms with Crippen LogP contribution in [0.25, 0.3) is 0 Å². The van der Waals surface area contributed by atoms with Crippen LogP contribution in [0.3, 0.4) is 0 Å². The van der Waals surface area contributed by atoms with Crippen LogP contribution in [0.4, 0.5) is 11.4 Å². The molecule has 0 spiro atoms. The van der Waals surface area contributed by atoms with Crippen LogP contribution >= 0.6 is 11.8 Å². The molecule has 6 nitrogen and oxygen atoms in total. The van der Waals surface area contributed by atoms with Crippen molar-refractivity contribution in [2.75, 3.05) is 10.6 Å². The third kappa shape index (κ3) is 6.26. The van der Waals surface area contributed by atoms with E-state index in [9.17, 15) is 19.5 Å². The van der Waals surface area contributed by atoms with E-state index in [1.165, 1.54) is 23.9 Å². The van der Waals surface area contributed by atoms with Gasteiger partial charge in [-0.25, -0.2) is 4.79 Å². The lowest BCUT2D eigenvalue weighted by molar-refractivity contribution is -0.115. The Bertz CT molecular complexity index is 1430. The van der Waals surface area contributed by atoms with E-state index in [1.807, 2.05) is 68.4 Å². The van der Waals surface area contributed by atoms with E-state index in [0.29, 0.717) is 5.69 Å². The van der Waals surface area contributed by atoms with E-state index in [1.54, 1.807) is 30.3 Å². The quantitative estimate of drug-likeness (QED) is 0.229. The fourth-order valence-corrected chi connectivity index (χ4v) is 5.03. The molecule has 0 heterocycles. The van der Waals surface area contributed by atoms with Gasteiger partial charge in [0.05, 0.1) is 11.1 Å². The van der Waals surface area contributed by atoms with Crippen molar-refractivity contribution in [3.63, 3.8) is 0 Å². The summed E-state index contributed by atoms with van der Waals surface area (Å²) in [7, 11) is 0. The van der Waals surface area contributed by atoms with Crippen LogP contribution in [0, 0.1) is 13.8 Å². The molecular weight excluding hydrogens is 484 g/mol. The number of hydrogen-bond acceptors (Lipinski definition) is 4. The molecule has 37 heavy (non-hydrogen) atoms. The molecule has 0 aliphatic heterocycles. The van der Waals surface area contributed by atoms with Crippen molar-refractivity contribution in [3.05, 3.63) is 125 Å². The Morgan fingerprint density at radius 3 is 2.03 bits per heavy atom. The van der Waals surface area contributed by atoms with Crippen molar-refractivity contribution in [1.29, 1.82) is 0 Å². The molecule has 0 aliphatic carbocycles. The predicted molar refractivity (Wildman–Crippen MR) is 147 cm³/mol. The Morgan fingerprint density at radius 2 is 1.35 bits per heavy atom. The third-order valence-corrected chi connectivity index (χ3v) is 7.07.